The third kappa shape index (κ3) is 9.70. The Hall–Kier alpha value is -1.79. The van der Waals surface area contributed by atoms with Crippen molar-refractivity contribution in [2.75, 3.05) is 6.54 Å². The standard InChI is InChI=1S/C14H27N3O4/c1-4-5-6-7-14(2,3)9-16-13(21)17-10(12(19)20)8-11(15)18/h10H,4-9H2,1-3H3,(H2,15,18)(H,19,20)(H2,16,17,21)/t10-/m0/s1. The van der Waals surface area contributed by atoms with Crippen LogP contribution in [0.2, 0.25) is 0 Å². The van der Waals surface area contributed by atoms with Gasteiger partial charge in [-0.15, -0.1) is 0 Å². The number of nitrogens with one attached hydrogen (secondary N) is 2. The van der Waals surface area contributed by atoms with E-state index < -0.39 is 30.4 Å². The first kappa shape index (κ1) is 19.2. The molecule has 0 aromatic carbocycles. The molecule has 0 aliphatic carbocycles. The van der Waals surface area contributed by atoms with Crippen LogP contribution in [0.1, 0.15) is 52.9 Å². The molecule has 122 valence electrons. The van der Waals surface area contributed by atoms with E-state index in [9.17, 15) is 14.4 Å². The molecule has 0 saturated carbocycles. The lowest BCUT2D eigenvalue weighted by molar-refractivity contribution is -0.140. The van der Waals surface area contributed by atoms with Gasteiger partial charge in [0.05, 0.1) is 6.42 Å². The molecule has 0 aromatic heterocycles. The van der Waals surface area contributed by atoms with Crippen LogP contribution in [0.25, 0.3) is 0 Å². The summed E-state index contributed by atoms with van der Waals surface area (Å²) in [7, 11) is 0. The topological polar surface area (TPSA) is 122 Å². The summed E-state index contributed by atoms with van der Waals surface area (Å²) in [5.74, 6) is -2.06. The summed E-state index contributed by atoms with van der Waals surface area (Å²) >= 11 is 0. The van der Waals surface area contributed by atoms with E-state index in [4.69, 9.17) is 10.8 Å². The van der Waals surface area contributed by atoms with Gasteiger partial charge < -0.3 is 21.5 Å². The van der Waals surface area contributed by atoms with Crippen LogP contribution in [0.4, 0.5) is 4.79 Å². The van der Waals surface area contributed by atoms with E-state index in [1.165, 1.54) is 0 Å². The number of carbonyl (C=O) groups is 3. The lowest BCUT2D eigenvalue weighted by Gasteiger charge is -2.25. The van der Waals surface area contributed by atoms with Gasteiger partial charge in [0.1, 0.15) is 6.04 Å². The second-order valence-electron chi connectivity index (χ2n) is 6.01. The molecule has 21 heavy (non-hydrogen) atoms. The SMILES string of the molecule is CCCCCC(C)(C)CNC(=O)N[C@@H](CC(N)=O)C(=O)O. The Bertz CT molecular complexity index is 369. The molecule has 0 fully saturated rings. The molecule has 0 spiro atoms. The zero-order valence-electron chi connectivity index (χ0n) is 13.1. The minimum Gasteiger partial charge on any atom is -0.480 e. The van der Waals surface area contributed by atoms with E-state index in [2.05, 4.69) is 17.6 Å². The Morgan fingerprint density at radius 2 is 1.86 bits per heavy atom. The number of hydrogen-bond acceptors (Lipinski definition) is 3. The van der Waals surface area contributed by atoms with Gasteiger partial charge in [-0.1, -0.05) is 40.0 Å². The number of carboxylic acid groups (broad SMARTS) is 1. The van der Waals surface area contributed by atoms with Crippen molar-refractivity contribution in [3.8, 4) is 0 Å². The van der Waals surface area contributed by atoms with Crippen LogP contribution in [-0.4, -0.2) is 35.6 Å². The summed E-state index contributed by atoms with van der Waals surface area (Å²) < 4.78 is 0. The molecule has 0 unspecified atom stereocenters. The normalized spacial score (nSPS) is 12.5. The van der Waals surface area contributed by atoms with Crippen molar-refractivity contribution in [2.45, 2.75) is 58.9 Å². The van der Waals surface area contributed by atoms with Gasteiger partial charge in [-0.2, -0.15) is 0 Å². The smallest absolute Gasteiger partial charge is 0.326 e. The second kappa shape index (κ2) is 9.20. The van der Waals surface area contributed by atoms with Crippen LogP contribution in [0.5, 0.6) is 0 Å². The third-order valence-electron chi connectivity index (χ3n) is 3.19. The highest BCUT2D eigenvalue weighted by atomic mass is 16.4. The largest absolute Gasteiger partial charge is 0.480 e. The first-order valence-electron chi connectivity index (χ1n) is 7.23. The number of amides is 3. The third-order valence-corrected chi connectivity index (χ3v) is 3.19. The average Bonchev–Trinajstić information content (AvgIpc) is 2.35. The van der Waals surface area contributed by atoms with Crippen molar-refractivity contribution >= 4 is 17.9 Å². The predicted molar refractivity (Wildman–Crippen MR) is 79.7 cm³/mol. The highest BCUT2D eigenvalue weighted by Gasteiger charge is 2.23. The first-order valence-corrected chi connectivity index (χ1v) is 7.23. The second-order valence-corrected chi connectivity index (χ2v) is 6.01. The van der Waals surface area contributed by atoms with Crippen LogP contribution in [-0.2, 0) is 9.59 Å². The Labute approximate surface area is 125 Å². The molecule has 7 heteroatoms. The minimum absolute atomic E-state index is 0.0606. The fourth-order valence-corrected chi connectivity index (χ4v) is 1.87. The summed E-state index contributed by atoms with van der Waals surface area (Å²) in [5, 5.41) is 13.8. The molecular weight excluding hydrogens is 274 g/mol. The maximum absolute atomic E-state index is 11.7. The van der Waals surface area contributed by atoms with Crippen LogP contribution in [0.15, 0.2) is 0 Å². The number of aliphatic carboxylic acids is 1. The quantitative estimate of drug-likeness (QED) is 0.453. The van der Waals surface area contributed by atoms with Crippen molar-refractivity contribution in [3.05, 3.63) is 0 Å². The van der Waals surface area contributed by atoms with E-state index in [1.807, 2.05) is 13.8 Å². The van der Waals surface area contributed by atoms with Crippen molar-refractivity contribution < 1.29 is 19.5 Å². The van der Waals surface area contributed by atoms with Gasteiger partial charge in [-0.05, 0) is 11.8 Å². The average molecular weight is 301 g/mol. The van der Waals surface area contributed by atoms with E-state index >= 15 is 0 Å². The van der Waals surface area contributed by atoms with E-state index in [0.717, 1.165) is 25.7 Å². The summed E-state index contributed by atoms with van der Waals surface area (Å²) in [4.78, 5) is 33.3. The van der Waals surface area contributed by atoms with Crippen molar-refractivity contribution in [3.63, 3.8) is 0 Å². The van der Waals surface area contributed by atoms with Crippen LogP contribution in [0.3, 0.4) is 0 Å². The zero-order valence-corrected chi connectivity index (χ0v) is 13.1. The van der Waals surface area contributed by atoms with Crippen molar-refractivity contribution in [1.82, 2.24) is 10.6 Å². The number of nitrogens with two attached hydrogens (primary N) is 1. The summed E-state index contributed by atoms with van der Waals surface area (Å²) in [6, 6.07) is -1.90. The number of carboxylic acids is 1. The molecule has 7 nitrogen and oxygen atoms in total. The molecule has 0 radical (unpaired) electrons. The van der Waals surface area contributed by atoms with Gasteiger partial charge in [0, 0.05) is 6.54 Å². The zero-order chi connectivity index (χ0) is 16.5. The molecule has 3 amide bonds. The highest BCUT2D eigenvalue weighted by Crippen LogP contribution is 2.22. The predicted octanol–water partition coefficient (Wildman–Crippen LogP) is 1.22. The maximum atomic E-state index is 11.7. The van der Waals surface area contributed by atoms with Gasteiger partial charge in [-0.25, -0.2) is 9.59 Å². The fourth-order valence-electron chi connectivity index (χ4n) is 1.87. The molecule has 1 atom stereocenters. The number of primary amides is 1. The lowest BCUT2D eigenvalue weighted by atomic mass is 9.87. The molecule has 0 aliphatic rings. The van der Waals surface area contributed by atoms with E-state index in [1.54, 1.807) is 0 Å². The summed E-state index contributed by atoms with van der Waals surface area (Å²) in [5.41, 5.74) is 4.88. The highest BCUT2D eigenvalue weighted by molar-refractivity contribution is 5.87. The van der Waals surface area contributed by atoms with Crippen molar-refractivity contribution in [2.24, 2.45) is 11.1 Å². The van der Waals surface area contributed by atoms with Gasteiger partial charge in [0.15, 0.2) is 0 Å². The number of unbranched alkanes of at least 4 members (excludes halogenated alkanes) is 2. The van der Waals surface area contributed by atoms with E-state index in [-0.39, 0.29) is 5.41 Å². The van der Waals surface area contributed by atoms with Crippen molar-refractivity contribution in [1.29, 1.82) is 0 Å². The Kier molecular flexibility index (Phi) is 8.42. The fraction of sp³-hybridized carbons (Fsp3) is 0.786. The Balaban J connectivity index is 4.22. The molecular formula is C14H27N3O4. The molecule has 0 saturated heterocycles. The molecule has 0 aromatic rings. The summed E-state index contributed by atoms with van der Waals surface area (Å²) in [6.07, 6.45) is 3.92. The molecule has 0 bridgehead atoms. The number of urea groups is 1. The van der Waals surface area contributed by atoms with Gasteiger partial charge in [0.2, 0.25) is 5.91 Å². The molecule has 0 rings (SSSR count). The van der Waals surface area contributed by atoms with Gasteiger partial charge >= 0.3 is 12.0 Å². The molecule has 0 heterocycles. The maximum Gasteiger partial charge on any atom is 0.326 e. The number of hydrogen-bond donors (Lipinski definition) is 4. The molecule has 5 N–H and O–H groups in total. The molecule has 0 aliphatic heterocycles. The number of rotatable bonds is 10. The van der Waals surface area contributed by atoms with E-state index in [0.29, 0.717) is 6.54 Å². The monoisotopic (exact) mass is 301 g/mol. The van der Waals surface area contributed by atoms with Crippen LogP contribution >= 0.6 is 0 Å². The Morgan fingerprint density at radius 1 is 1.24 bits per heavy atom. The Morgan fingerprint density at radius 3 is 2.33 bits per heavy atom. The van der Waals surface area contributed by atoms with Crippen LogP contribution < -0.4 is 16.4 Å². The van der Waals surface area contributed by atoms with Gasteiger partial charge in [0.25, 0.3) is 0 Å². The minimum atomic E-state index is -1.30. The lowest BCUT2D eigenvalue weighted by Crippen LogP contribution is -2.49. The summed E-state index contributed by atoms with van der Waals surface area (Å²) in [6.45, 7) is 6.65. The van der Waals surface area contributed by atoms with Gasteiger partial charge in [-0.3, -0.25) is 4.79 Å². The first-order chi connectivity index (χ1) is 9.68. The number of carbonyl (C=O) groups excluding carboxylic acids is 2. The van der Waals surface area contributed by atoms with Crippen LogP contribution in [0, 0.1) is 5.41 Å².